The Morgan fingerprint density at radius 1 is 1.29 bits per heavy atom. The number of rotatable bonds is 6. The first-order valence-electron chi connectivity index (χ1n) is 4.89. The van der Waals surface area contributed by atoms with Crippen molar-refractivity contribution in [3.05, 3.63) is 0 Å². The Balaban J connectivity index is 0. The predicted molar refractivity (Wildman–Crippen MR) is 60.3 cm³/mol. The van der Waals surface area contributed by atoms with Gasteiger partial charge in [0.05, 0.1) is 6.61 Å². The Bertz CT molecular complexity index is 144. The number of carbonyl (C=O) groups is 1. The lowest BCUT2D eigenvalue weighted by atomic mass is 10.2. The van der Waals surface area contributed by atoms with Gasteiger partial charge in [0.2, 0.25) is 5.91 Å². The molecule has 0 aromatic heterocycles. The van der Waals surface area contributed by atoms with E-state index in [9.17, 15) is 4.79 Å². The molecule has 14 heavy (non-hydrogen) atoms. The van der Waals surface area contributed by atoms with Crippen molar-refractivity contribution in [3.63, 3.8) is 0 Å². The minimum Gasteiger partial charge on any atom is -0.381 e. The van der Waals surface area contributed by atoms with Crippen molar-refractivity contribution in [1.82, 2.24) is 5.32 Å². The summed E-state index contributed by atoms with van der Waals surface area (Å²) in [5.41, 5.74) is 0. The van der Waals surface area contributed by atoms with Crippen LogP contribution in [0.1, 0.15) is 41.5 Å². The van der Waals surface area contributed by atoms with Crippen LogP contribution in [0, 0.1) is 5.92 Å². The number of nitrogens with one attached hydrogen (secondary N) is 1. The largest absolute Gasteiger partial charge is 0.381 e. The molecule has 3 heteroatoms. The summed E-state index contributed by atoms with van der Waals surface area (Å²) in [6.45, 7) is 9.34. The molecule has 0 rings (SSSR count). The van der Waals surface area contributed by atoms with Gasteiger partial charge in [-0.2, -0.15) is 0 Å². The van der Waals surface area contributed by atoms with Crippen LogP contribution >= 0.6 is 0 Å². The Morgan fingerprint density at radius 3 is 2.29 bits per heavy atom. The van der Waals surface area contributed by atoms with Crippen LogP contribution in [-0.4, -0.2) is 25.2 Å². The molecule has 86 valence electrons. The fraction of sp³-hybridized carbons (Fsp3) is 0.909. The van der Waals surface area contributed by atoms with E-state index in [1.807, 2.05) is 13.8 Å². The molecule has 0 aliphatic heterocycles. The molecule has 0 atom stereocenters. The Hall–Kier alpha value is -0.570. The Labute approximate surface area is 88.2 Å². The van der Waals surface area contributed by atoms with E-state index < -0.39 is 0 Å². The van der Waals surface area contributed by atoms with E-state index in [1.54, 1.807) is 0 Å². The summed E-state index contributed by atoms with van der Waals surface area (Å²) in [6, 6.07) is 0.220. The van der Waals surface area contributed by atoms with Crippen LogP contribution in [0.15, 0.2) is 0 Å². The van der Waals surface area contributed by atoms with Gasteiger partial charge < -0.3 is 10.1 Å². The Kier molecular flexibility index (Phi) is 10.2. The summed E-state index contributed by atoms with van der Waals surface area (Å²) in [7, 11) is 0. The predicted octanol–water partition coefficient (Wildman–Crippen LogP) is 2.21. The quantitative estimate of drug-likeness (QED) is 0.672. The van der Waals surface area contributed by atoms with Crippen LogP contribution in [-0.2, 0) is 9.53 Å². The van der Waals surface area contributed by atoms with E-state index in [1.165, 1.54) is 0 Å². The first kappa shape index (κ1) is 15.9. The lowest BCUT2D eigenvalue weighted by molar-refractivity contribution is -0.122. The van der Waals surface area contributed by atoms with Crippen LogP contribution in [0.25, 0.3) is 0 Å². The molecule has 0 saturated carbocycles. The van der Waals surface area contributed by atoms with Gasteiger partial charge in [-0.1, -0.05) is 21.3 Å². The van der Waals surface area contributed by atoms with Gasteiger partial charge in [0, 0.05) is 19.1 Å². The molecule has 1 amide bonds. The molecule has 0 fully saturated rings. The molecular weight excluding hydrogens is 178 g/mol. The molecule has 0 bridgehead atoms. The van der Waals surface area contributed by atoms with Crippen LogP contribution in [0.3, 0.4) is 0 Å². The summed E-state index contributed by atoms with van der Waals surface area (Å²) in [5, 5.41) is 2.81. The molecule has 0 heterocycles. The third-order valence-corrected chi connectivity index (χ3v) is 1.37. The molecule has 0 radical (unpaired) electrons. The Morgan fingerprint density at radius 2 is 1.86 bits per heavy atom. The van der Waals surface area contributed by atoms with Gasteiger partial charge in [-0.05, 0) is 19.8 Å². The zero-order valence-electron chi connectivity index (χ0n) is 9.09. The summed E-state index contributed by atoms with van der Waals surface area (Å²) < 4.78 is 5.29. The fourth-order valence-corrected chi connectivity index (χ4v) is 0.878. The molecule has 0 aliphatic carbocycles. The van der Waals surface area contributed by atoms with Gasteiger partial charge in [0.15, 0.2) is 0 Å². The van der Waals surface area contributed by atoms with E-state index in [-0.39, 0.29) is 19.4 Å². The van der Waals surface area contributed by atoms with E-state index >= 15 is 0 Å². The average molecular weight is 203 g/mol. The van der Waals surface area contributed by atoms with Crippen molar-refractivity contribution >= 4 is 5.91 Å². The smallest absolute Gasteiger partial charge is 0.222 e. The standard InChI is InChI=1S/C10H21NO2.CH4/c1-8(2)7-13-6-5-10(12)11-9(3)4;/h8-9H,5-7H2,1-4H3,(H,11,12);1H4. The van der Waals surface area contributed by atoms with Crippen molar-refractivity contribution < 1.29 is 9.53 Å². The van der Waals surface area contributed by atoms with Gasteiger partial charge >= 0.3 is 0 Å². The number of hydrogen-bond acceptors (Lipinski definition) is 2. The second-order valence-corrected chi connectivity index (χ2v) is 3.94. The molecule has 0 aliphatic rings. The van der Waals surface area contributed by atoms with Crippen molar-refractivity contribution in [1.29, 1.82) is 0 Å². The number of amides is 1. The zero-order chi connectivity index (χ0) is 10.3. The normalized spacial score (nSPS) is 10.1. The minimum absolute atomic E-state index is 0. The number of carbonyl (C=O) groups excluding carboxylic acids is 1. The maximum Gasteiger partial charge on any atom is 0.222 e. The minimum atomic E-state index is 0. The van der Waals surface area contributed by atoms with Crippen molar-refractivity contribution in [3.8, 4) is 0 Å². The van der Waals surface area contributed by atoms with Crippen molar-refractivity contribution in [2.75, 3.05) is 13.2 Å². The first-order valence-corrected chi connectivity index (χ1v) is 4.89. The van der Waals surface area contributed by atoms with E-state index in [0.717, 1.165) is 6.61 Å². The molecule has 0 unspecified atom stereocenters. The van der Waals surface area contributed by atoms with Gasteiger partial charge in [0.25, 0.3) is 0 Å². The van der Waals surface area contributed by atoms with Crippen LogP contribution in [0.5, 0.6) is 0 Å². The highest BCUT2D eigenvalue weighted by Gasteiger charge is 2.02. The summed E-state index contributed by atoms with van der Waals surface area (Å²) >= 11 is 0. The van der Waals surface area contributed by atoms with Crippen LogP contribution < -0.4 is 5.32 Å². The lowest BCUT2D eigenvalue weighted by Crippen LogP contribution is -2.30. The third-order valence-electron chi connectivity index (χ3n) is 1.37. The second kappa shape index (κ2) is 9.00. The molecule has 0 spiro atoms. The summed E-state index contributed by atoms with van der Waals surface area (Å²) in [4.78, 5) is 11.1. The number of ether oxygens (including phenoxy) is 1. The van der Waals surface area contributed by atoms with Crippen LogP contribution in [0.4, 0.5) is 0 Å². The third kappa shape index (κ3) is 11.4. The van der Waals surface area contributed by atoms with Gasteiger partial charge in [-0.25, -0.2) is 0 Å². The highest BCUT2D eigenvalue weighted by molar-refractivity contribution is 5.76. The lowest BCUT2D eigenvalue weighted by Gasteiger charge is -2.09. The van der Waals surface area contributed by atoms with E-state index in [4.69, 9.17) is 4.74 Å². The molecule has 3 nitrogen and oxygen atoms in total. The van der Waals surface area contributed by atoms with Crippen molar-refractivity contribution in [2.24, 2.45) is 5.92 Å². The number of hydrogen-bond donors (Lipinski definition) is 1. The monoisotopic (exact) mass is 203 g/mol. The molecule has 1 N–H and O–H groups in total. The average Bonchev–Trinajstić information content (AvgIpc) is 1.96. The fourth-order valence-electron chi connectivity index (χ4n) is 0.878. The molecule has 0 aromatic carbocycles. The highest BCUT2D eigenvalue weighted by atomic mass is 16.5. The van der Waals surface area contributed by atoms with Crippen molar-refractivity contribution in [2.45, 2.75) is 47.6 Å². The molecular formula is C11H25NO2. The van der Waals surface area contributed by atoms with Gasteiger partial charge in [-0.15, -0.1) is 0 Å². The summed E-state index contributed by atoms with van der Waals surface area (Å²) in [5.74, 6) is 0.604. The molecule has 0 saturated heterocycles. The van der Waals surface area contributed by atoms with Gasteiger partial charge in [-0.3, -0.25) is 4.79 Å². The zero-order valence-corrected chi connectivity index (χ0v) is 9.09. The topological polar surface area (TPSA) is 38.3 Å². The van der Waals surface area contributed by atoms with Crippen LogP contribution in [0.2, 0.25) is 0 Å². The SMILES string of the molecule is C.CC(C)COCCC(=O)NC(C)C. The van der Waals surface area contributed by atoms with E-state index in [2.05, 4.69) is 19.2 Å². The maximum atomic E-state index is 11.1. The second-order valence-electron chi connectivity index (χ2n) is 3.94. The highest BCUT2D eigenvalue weighted by Crippen LogP contribution is 1.93. The first-order chi connectivity index (χ1) is 6.02. The van der Waals surface area contributed by atoms with E-state index in [0.29, 0.717) is 18.9 Å². The maximum absolute atomic E-state index is 11.1. The van der Waals surface area contributed by atoms with Gasteiger partial charge in [0.1, 0.15) is 0 Å². The summed E-state index contributed by atoms with van der Waals surface area (Å²) in [6.07, 6.45) is 0.463. The molecule has 0 aromatic rings.